The molecule has 0 amide bonds. The Kier molecular flexibility index (Phi) is 29.5. The van der Waals surface area contributed by atoms with Crippen molar-refractivity contribution in [3.05, 3.63) is 46.6 Å². The van der Waals surface area contributed by atoms with Crippen molar-refractivity contribution < 1.29 is 31.3 Å². The molecule has 0 aromatic heterocycles. The van der Waals surface area contributed by atoms with Crippen molar-refractivity contribution in [3.63, 3.8) is 0 Å². The van der Waals surface area contributed by atoms with Crippen molar-refractivity contribution in [3.8, 4) is 0 Å². The van der Waals surface area contributed by atoms with Crippen LogP contribution in [0.3, 0.4) is 0 Å². The summed E-state index contributed by atoms with van der Waals surface area (Å²) in [6, 6.07) is 0. The Morgan fingerprint density at radius 3 is 1.17 bits per heavy atom. The Labute approximate surface area is 174 Å². The first-order valence-electron chi connectivity index (χ1n) is 7.82. The molecule has 0 rings (SSSR count). The molecule has 0 aliphatic rings. The minimum Gasteiger partial charge on any atom is -0.299 e. The van der Waals surface area contributed by atoms with Crippen LogP contribution in [-0.4, -0.2) is 30.2 Å². The van der Waals surface area contributed by atoms with Gasteiger partial charge in [-0.05, 0) is 79.4 Å². The van der Waals surface area contributed by atoms with E-state index in [0.717, 1.165) is 49.4 Å². The Hall–Kier alpha value is -0.443. The Morgan fingerprint density at radius 1 is 0.667 bits per heavy atom. The number of hydrogen-bond donors (Lipinski definition) is 0. The minimum atomic E-state index is 0. The number of aldehydes is 2. The van der Waals surface area contributed by atoms with E-state index in [-0.39, 0.29) is 39.3 Å². The molecular weight excluding hydrogens is 393 g/mol. The van der Waals surface area contributed by atoms with E-state index in [2.05, 4.69) is 39.8 Å². The van der Waals surface area contributed by atoms with Gasteiger partial charge in [-0.1, -0.05) is 34.4 Å². The van der Waals surface area contributed by atoms with Gasteiger partial charge < -0.3 is 0 Å². The maximum atomic E-state index is 10.0. The van der Waals surface area contributed by atoms with Crippen LogP contribution in [0.5, 0.6) is 0 Å². The maximum absolute atomic E-state index is 10.0. The Morgan fingerprint density at radius 2 is 0.958 bits per heavy atom. The summed E-state index contributed by atoms with van der Waals surface area (Å²) in [6.45, 7) is 12.3. The van der Waals surface area contributed by atoms with E-state index in [1.165, 1.54) is 11.1 Å². The zero-order valence-electron chi connectivity index (χ0n) is 16.1. The third kappa shape index (κ3) is 29.6. The monoisotopic (exact) mass is 426 g/mol. The van der Waals surface area contributed by atoms with Crippen molar-refractivity contribution in [2.24, 2.45) is 0 Å². The molecule has 0 aliphatic heterocycles. The molecule has 0 aliphatic carbocycles. The van der Waals surface area contributed by atoms with E-state index in [1.807, 2.05) is 13.8 Å². The quantitative estimate of drug-likeness (QED) is 0.227. The minimum absolute atomic E-state index is 0. The molecule has 0 heterocycles. The zero-order valence-corrected chi connectivity index (χ0v) is 19.8. The molecule has 0 bridgehead atoms. The average molecular weight is 425 g/mol. The first-order chi connectivity index (χ1) is 10.3. The maximum Gasteiger partial charge on any atom is 0.142 e. The van der Waals surface area contributed by atoms with E-state index in [9.17, 15) is 9.59 Å². The molecule has 0 atom stereocenters. The van der Waals surface area contributed by atoms with E-state index < -0.39 is 0 Å². The summed E-state index contributed by atoms with van der Waals surface area (Å²) >= 11 is 0. The SMILES string of the molecule is CC(C)=CCC/C(C)=C\C=O.CC(C)=CCC/C(C)=C\C=O.[Ge].[Ti]. The van der Waals surface area contributed by atoms with Crippen LogP contribution in [0.15, 0.2) is 46.6 Å². The van der Waals surface area contributed by atoms with Crippen LogP contribution in [-0.2, 0) is 31.3 Å². The second kappa shape index (κ2) is 22.6. The fourth-order valence-electron chi connectivity index (χ4n) is 1.58. The third-order valence-electron chi connectivity index (χ3n) is 2.89. The van der Waals surface area contributed by atoms with Crippen LogP contribution in [0.1, 0.15) is 67.2 Å². The van der Waals surface area contributed by atoms with Crippen molar-refractivity contribution in [2.45, 2.75) is 67.2 Å². The Bertz CT molecular complexity index is 397. The first kappa shape index (κ1) is 31.3. The van der Waals surface area contributed by atoms with Gasteiger partial charge in [0.1, 0.15) is 12.6 Å². The molecule has 24 heavy (non-hydrogen) atoms. The van der Waals surface area contributed by atoms with Crippen LogP contribution < -0.4 is 0 Å². The third-order valence-corrected chi connectivity index (χ3v) is 2.89. The summed E-state index contributed by atoms with van der Waals surface area (Å²) < 4.78 is 0. The van der Waals surface area contributed by atoms with Gasteiger partial charge in [-0.2, -0.15) is 0 Å². The normalized spacial score (nSPS) is 10.1. The van der Waals surface area contributed by atoms with E-state index in [4.69, 9.17) is 0 Å². The van der Waals surface area contributed by atoms with Gasteiger partial charge in [0, 0.05) is 39.3 Å². The van der Waals surface area contributed by atoms with Gasteiger partial charge in [-0.25, -0.2) is 0 Å². The van der Waals surface area contributed by atoms with Gasteiger partial charge in [0.05, 0.1) is 0 Å². The van der Waals surface area contributed by atoms with Crippen molar-refractivity contribution in [1.29, 1.82) is 0 Å². The smallest absolute Gasteiger partial charge is 0.142 e. The van der Waals surface area contributed by atoms with E-state index >= 15 is 0 Å². The molecule has 2 nitrogen and oxygen atoms in total. The number of rotatable bonds is 8. The summed E-state index contributed by atoms with van der Waals surface area (Å²) in [6.07, 6.45) is 13.4. The van der Waals surface area contributed by atoms with E-state index in [1.54, 1.807) is 12.2 Å². The molecule has 132 valence electrons. The molecule has 0 N–H and O–H groups in total. The molecule has 0 unspecified atom stereocenters. The van der Waals surface area contributed by atoms with Crippen LogP contribution >= 0.6 is 0 Å². The molecular formula is C20H32GeO2Ti. The van der Waals surface area contributed by atoms with Gasteiger partial charge in [0.2, 0.25) is 0 Å². The fourth-order valence-corrected chi connectivity index (χ4v) is 1.58. The topological polar surface area (TPSA) is 34.1 Å². The predicted molar refractivity (Wildman–Crippen MR) is 103 cm³/mol. The molecule has 0 fully saturated rings. The van der Waals surface area contributed by atoms with Gasteiger partial charge in [-0.15, -0.1) is 0 Å². The van der Waals surface area contributed by atoms with Gasteiger partial charge in [-0.3, -0.25) is 9.59 Å². The molecule has 0 aromatic carbocycles. The van der Waals surface area contributed by atoms with E-state index in [0.29, 0.717) is 0 Å². The zero-order chi connectivity index (χ0) is 17.4. The summed E-state index contributed by atoms with van der Waals surface area (Å²) in [5.74, 6) is 0. The molecule has 0 saturated carbocycles. The second-order valence-corrected chi connectivity index (χ2v) is 5.94. The molecule has 4 radical (unpaired) electrons. The van der Waals surface area contributed by atoms with Crippen LogP contribution in [0.25, 0.3) is 0 Å². The Balaban J connectivity index is -0.000000154. The second-order valence-electron chi connectivity index (χ2n) is 5.94. The number of hydrogen-bond acceptors (Lipinski definition) is 2. The molecule has 0 aromatic rings. The average Bonchev–Trinajstić information content (AvgIpc) is 2.39. The number of allylic oxidation sites excluding steroid dienone is 8. The van der Waals surface area contributed by atoms with Crippen LogP contribution in [0, 0.1) is 0 Å². The van der Waals surface area contributed by atoms with Gasteiger partial charge in [0.25, 0.3) is 0 Å². The molecule has 4 heteroatoms. The summed E-state index contributed by atoms with van der Waals surface area (Å²) in [4.78, 5) is 20.0. The molecule has 0 saturated heterocycles. The number of carbonyl (C=O) groups is 2. The van der Waals surface area contributed by atoms with Crippen molar-refractivity contribution in [1.82, 2.24) is 0 Å². The standard InChI is InChI=1S/2C10H16O.Ge.Ti/c2*1-9(2)5-4-6-10(3)7-8-11;;/h2*5,7-8H,4,6H2,1-3H3;;/b2*10-7-;;. The summed E-state index contributed by atoms with van der Waals surface area (Å²) in [5.41, 5.74) is 4.97. The first-order valence-corrected chi connectivity index (χ1v) is 7.82. The summed E-state index contributed by atoms with van der Waals surface area (Å²) in [5, 5.41) is 0. The van der Waals surface area contributed by atoms with Crippen LogP contribution in [0.4, 0.5) is 0 Å². The fraction of sp³-hybridized carbons (Fsp3) is 0.500. The summed E-state index contributed by atoms with van der Waals surface area (Å²) in [7, 11) is 0. The largest absolute Gasteiger partial charge is 0.299 e. The van der Waals surface area contributed by atoms with Crippen molar-refractivity contribution >= 4 is 30.2 Å². The number of carbonyl (C=O) groups excluding carboxylic acids is 2. The van der Waals surface area contributed by atoms with Crippen molar-refractivity contribution in [2.75, 3.05) is 0 Å². The van der Waals surface area contributed by atoms with Gasteiger partial charge in [0.15, 0.2) is 0 Å². The predicted octanol–water partition coefficient (Wildman–Crippen LogP) is 5.37. The van der Waals surface area contributed by atoms with Gasteiger partial charge >= 0.3 is 0 Å². The molecule has 0 spiro atoms. The van der Waals surface area contributed by atoms with Crippen LogP contribution in [0.2, 0.25) is 0 Å².